The van der Waals surface area contributed by atoms with Crippen LogP contribution in [0.25, 0.3) is 0 Å². The molecule has 0 saturated carbocycles. The van der Waals surface area contributed by atoms with Gasteiger partial charge in [-0.25, -0.2) is 4.79 Å². The van der Waals surface area contributed by atoms with Gasteiger partial charge < -0.3 is 15.4 Å². The molecule has 0 aromatic heterocycles. The number of thiol groups is 1. The lowest BCUT2D eigenvalue weighted by atomic mass is 10.0. The molecule has 2 N–H and O–H groups in total. The van der Waals surface area contributed by atoms with E-state index in [-0.39, 0.29) is 11.0 Å². The number of aryl methyl sites for hydroxylation is 2. The Morgan fingerprint density at radius 1 is 0.926 bits per heavy atom. The molecule has 0 aliphatic heterocycles. The minimum absolute atomic E-state index is 0.0167. The van der Waals surface area contributed by atoms with Crippen molar-refractivity contribution in [2.75, 3.05) is 13.1 Å². The third-order valence-corrected chi connectivity index (χ3v) is 3.86. The zero-order valence-electron chi connectivity index (χ0n) is 16.3. The van der Waals surface area contributed by atoms with Crippen LogP contribution >= 0.6 is 12.6 Å². The Kier molecular flexibility index (Phi) is 9.93. The minimum atomic E-state index is -0.513. The maximum atomic E-state index is 11.9. The van der Waals surface area contributed by atoms with Gasteiger partial charge in [-0.1, -0.05) is 24.3 Å². The molecule has 0 radical (unpaired) electrons. The van der Waals surface area contributed by atoms with Crippen LogP contribution in [0, 0.1) is 0 Å². The van der Waals surface area contributed by atoms with E-state index in [1.165, 1.54) is 0 Å². The van der Waals surface area contributed by atoms with Gasteiger partial charge in [-0.3, -0.25) is 9.59 Å². The van der Waals surface area contributed by atoms with E-state index in [1.807, 2.05) is 45.0 Å². The van der Waals surface area contributed by atoms with Gasteiger partial charge in [0.2, 0.25) is 5.91 Å². The monoisotopic (exact) mass is 394 g/mol. The zero-order chi connectivity index (χ0) is 20.3. The van der Waals surface area contributed by atoms with Crippen LogP contribution in [0.3, 0.4) is 0 Å². The van der Waals surface area contributed by atoms with Gasteiger partial charge in [0.15, 0.2) is 5.12 Å². The fourth-order valence-electron chi connectivity index (χ4n) is 2.29. The molecule has 1 rings (SSSR count). The molecule has 0 aliphatic carbocycles. The molecule has 0 unspecified atom stereocenters. The Morgan fingerprint density at radius 2 is 1.44 bits per heavy atom. The Bertz CT molecular complexity index is 624. The number of hydrogen-bond donors (Lipinski definition) is 3. The van der Waals surface area contributed by atoms with E-state index in [4.69, 9.17) is 4.74 Å². The number of rotatable bonds is 10. The van der Waals surface area contributed by atoms with Crippen LogP contribution in [-0.2, 0) is 27.2 Å². The molecule has 2 amide bonds. The smallest absolute Gasteiger partial charge is 0.407 e. The number of carbonyl (C=O) groups is 3. The number of alkyl carbamates (subject to hydrolysis) is 1. The first-order valence-electron chi connectivity index (χ1n) is 9.19. The number of hydrogen-bond acceptors (Lipinski definition) is 4. The van der Waals surface area contributed by atoms with Gasteiger partial charge in [0, 0.05) is 25.9 Å². The lowest BCUT2D eigenvalue weighted by Gasteiger charge is -2.19. The van der Waals surface area contributed by atoms with Gasteiger partial charge in [0.05, 0.1) is 0 Å². The second-order valence-electron chi connectivity index (χ2n) is 7.34. The molecule has 0 bridgehead atoms. The molecule has 6 nitrogen and oxygen atoms in total. The average Bonchev–Trinajstić information content (AvgIpc) is 2.57. The van der Waals surface area contributed by atoms with E-state index in [9.17, 15) is 14.4 Å². The zero-order valence-corrected chi connectivity index (χ0v) is 17.2. The Hall–Kier alpha value is -2.02. The van der Waals surface area contributed by atoms with Crippen molar-refractivity contribution in [2.24, 2.45) is 0 Å². The molecule has 0 atom stereocenters. The van der Waals surface area contributed by atoms with E-state index in [0.717, 1.165) is 11.1 Å². The summed E-state index contributed by atoms with van der Waals surface area (Å²) in [5.41, 5.74) is 1.65. The second kappa shape index (κ2) is 11.6. The SMILES string of the molecule is CC(C)(C)OC(=O)NCCCNC(=O)CCc1ccc(CCC(=O)S)cc1. The van der Waals surface area contributed by atoms with Crippen LogP contribution in [0.4, 0.5) is 4.79 Å². The molecule has 1 aromatic carbocycles. The van der Waals surface area contributed by atoms with Gasteiger partial charge in [0.1, 0.15) is 5.60 Å². The summed E-state index contributed by atoms with van der Waals surface area (Å²) in [5, 5.41) is 5.38. The van der Waals surface area contributed by atoms with Crippen LogP contribution in [0.5, 0.6) is 0 Å². The molecular weight excluding hydrogens is 364 g/mol. The van der Waals surface area contributed by atoms with Crippen LogP contribution in [0.15, 0.2) is 24.3 Å². The maximum Gasteiger partial charge on any atom is 0.407 e. The molecule has 1 aromatic rings. The van der Waals surface area contributed by atoms with E-state index >= 15 is 0 Å². The van der Waals surface area contributed by atoms with E-state index in [1.54, 1.807) is 0 Å². The van der Waals surface area contributed by atoms with Crippen LogP contribution in [-0.4, -0.2) is 35.8 Å². The topological polar surface area (TPSA) is 84.5 Å². The lowest BCUT2D eigenvalue weighted by Crippen LogP contribution is -2.34. The number of nitrogens with one attached hydrogen (secondary N) is 2. The Labute approximate surface area is 166 Å². The number of amides is 2. The normalized spacial score (nSPS) is 11.0. The van der Waals surface area contributed by atoms with Gasteiger partial charge in [-0.15, -0.1) is 12.6 Å². The van der Waals surface area contributed by atoms with Crippen molar-refractivity contribution in [3.05, 3.63) is 35.4 Å². The maximum absolute atomic E-state index is 11.9. The van der Waals surface area contributed by atoms with Gasteiger partial charge in [-0.05, 0) is 51.2 Å². The van der Waals surface area contributed by atoms with Crippen LogP contribution < -0.4 is 10.6 Å². The Morgan fingerprint density at radius 3 is 1.96 bits per heavy atom. The molecule has 0 spiro atoms. The number of ether oxygens (including phenoxy) is 1. The highest BCUT2D eigenvalue weighted by Gasteiger charge is 2.15. The summed E-state index contributed by atoms with van der Waals surface area (Å²) in [7, 11) is 0. The molecule has 0 heterocycles. The van der Waals surface area contributed by atoms with Gasteiger partial charge in [-0.2, -0.15) is 0 Å². The fraction of sp³-hybridized carbons (Fsp3) is 0.550. The number of carbonyl (C=O) groups excluding carboxylic acids is 3. The van der Waals surface area contributed by atoms with Crippen molar-refractivity contribution < 1.29 is 19.1 Å². The summed E-state index contributed by atoms with van der Waals surface area (Å²) in [4.78, 5) is 34.2. The van der Waals surface area contributed by atoms with Crippen molar-refractivity contribution in [3.63, 3.8) is 0 Å². The van der Waals surface area contributed by atoms with Crippen molar-refractivity contribution >= 4 is 29.7 Å². The molecule has 0 saturated heterocycles. The molecule has 150 valence electrons. The van der Waals surface area contributed by atoms with Crippen LogP contribution in [0.1, 0.15) is 51.2 Å². The highest BCUT2D eigenvalue weighted by Crippen LogP contribution is 2.09. The van der Waals surface area contributed by atoms with Crippen molar-refractivity contribution in [1.82, 2.24) is 10.6 Å². The highest BCUT2D eigenvalue weighted by molar-refractivity contribution is 7.96. The number of benzene rings is 1. The first kappa shape index (κ1) is 23.0. The summed E-state index contributed by atoms with van der Waals surface area (Å²) in [6.07, 6.45) is 2.37. The summed E-state index contributed by atoms with van der Waals surface area (Å²) in [6.45, 7) is 6.38. The quantitative estimate of drug-likeness (QED) is 0.421. The van der Waals surface area contributed by atoms with E-state index in [0.29, 0.717) is 45.2 Å². The first-order valence-corrected chi connectivity index (χ1v) is 9.63. The second-order valence-corrected chi connectivity index (χ2v) is 7.84. The molecule has 7 heteroatoms. The predicted molar refractivity (Wildman–Crippen MR) is 109 cm³/mol. The highest BCUT2D eigenvalue weighted by atomic mass is 32.1. The Balaban J connectivity index is 2.15. The summed E-state index contributed by atoms with van der Waals surface area (Å²) in [5.74, 6) is -0.0167. The van der Waals surface area contributed by atoms with E-state index < -0.39 is 11.7 Å². The molecule has 0 fully saturated rings. The minimum Gasteiger partial charge on any atom is -0.444 e. The lowest BCUT2D eigenvalue weighted by molar-refractivity contribution is -0.121. The average molecular weight is 395 g/mol. The summed E-state index contributed by atoms with van der Waals surface area (Å²) < 4.78 is 5.13. The van der Waals surface area contributed by atoms with Crippen molar-refractivity contribution in [3.8, 4) is 0 Å². The summed E-state index contributed by atoms with van der Waals surface area (Å²) >= 11 is 3.76. The summed E-state index contributed by atoms with van der Waals surface area (Å²) in [6, 6.07) is 7.92. The van der Waals surface area contributed by atoms with Gasteiger partial charge >= 0.3 is 6.09 Å². The van der Waals surface area contributed by atoms with Crippen molar-refractivity contribution in [1.29, 1.82) is 0 Å². The molecule has 0 aliphatic rings. The largest absolute Gasteiger partial charge is 0.444 e. The predicted octanol–water partition coefficient (Wildman–Crippen LogP) is 3.04. The third kappa shape index (κ3) is 12.1. The standard InChI is InChI=1S/C20H30N2O4S/c1-20(2,3)26-19(25)22-14-4-13-21-17(23)11-9-15-5-7-16(8-6-15)10-12-18(24)27/h5-8H,4,9-14H2,1-3H3,(H,21,23)(H,22,25)(H,24,27). The molecular formula is C20H30N2O4S. The van der Waals surface area contributed by atoms with Crippen LogP contribution in [0.2, 0.25) is 0 Å². The van der Waals surface area contributed by atoms with Crippen molar-refractivity contribution in [2.45, 2.75) is 58.5 Å². The molecule has 27 heavy (non-hydrogen) atoms. The van der Waals surface area contributed by atoms with E-state index in [2.05, 4.69) is 23.3 Å². The first-order chi connectivity index (χ1) is 12.7. The van der Waals surface area contributed by atoms with Gasteiger partial charge in [0.25, 0.3) is 0 Å². The third-order valence-electron chi connectivity index (χ3n) is 3.64. The fourth-order valence-corrected chi connectivity index (χ4v) is 2.40.